The highest BCUT2D eigenvalue weighted by Crippen LogP contribution is 2.50. The quantitative estimate of drug-likeness (QED) is 0.588. The van der Waals surface area contributed by atoms with Crippen LogP contribution >= 0.6 is 11.6 Å². The van der Waals surface area contributed by atoms with Gasteiger partial charge in [-0.25, -0.2) is 4.79 Å². The smallest absolute Gasteiger partial charge is 0.338 e. The number of aliphatic hydroxyl groups excluding tert-OH is 1. The molecule has 6 rings (SSSR count). The van der Waals surface area contributed by atoms with Gasteiger partial charge in [0.1, 0.15) is 12.2 Å². The Labute approximate surface area is 178 Å². The molecule has 0 aromatic heterocycles. The lowest BCUT2D eigenvalue weighted by atomic mass is 9.73. The van der Waals surface area contributed by atoms with Crippen molar-refractivity contribution in [1.29, 1.82) is 0 Å². The molecule has 1 N–H and O–H groups in total. The summed E-state index contributed by atoms with van der Waals surface area (Å²) >= 11 is 5.91. The number of fused-ring (bicyclic) bond motifs is 3. The third kappa shape index (κ3) is 2.75. The lowest BCUT2D eigenvalue weighted by molar-refractivity contribution is -0.0259. The van der Waals surface area contributed by atoms with Gasteiger partial charge in [0.2, 0.25) is 6.79 Å². The van der Waals surface area contributed by atoms with Gasteiger partial charge in [-0.2, -0.15) is 0 Å². The first-order chi connectivity index (χ1) is 14.6. The van der Waals surface area contributed by atoms with Crippen molar-refractivity contribution in [1.82, 2.24) is 4.90 Å². The summed E-state index contributed by atoms with van der Waals surface area (Å²) in [5.74, 6) is 0.799. The van der Waals surface area contributed by atoms with Gasteiger partial charge in [0.05, 0.1) is 5.56 Å². The number of esters is 1. The van der Waals surface area contributed by atoms with E-state index in [0.29, 0.717) is 16.3 Å². The van der Waals surface area contributed by atoms with Crippen LogP contribution in [0.25, 0.3) is 0 Å². The highest BCUT2D eigenvalue weighted by atomic mass is 35.5. The van der Waals surface area contributed by atoms with E-state index in [1.165, 1.54) is 5.57 Å². The summed E-state index contributed by atoms with van der Waals surface area (Å²) in [4.78, 5) is 15.1. The van der Waals surface area contributed by atoms with Crippen LogP contribution in [0.2, 0.25) is 5.02 Å². The Morgan fingerprint density at radius 1 is 1.17 bits per heavy atom. The van der Waals surface area contributed by atoms with Crippen molar-refractivity contribution >= 4 is 17.6 Å². The zero-order chi connectivity index (χ0) is 20.4. The van der Waals surface area contributed by atoms with Gasteiger partial charge < -0.3 is 19.3 Å². The molecule has 4 aliphatic rings. The van der Waals surface area contributed by atoms with E-state index >= 15 is 0 Å². The van der Waals surface area contributed by atoms with Gasteiger partial charge in [-0.15, -0.1) is 0 Å². The maximum Gasteiger partial charge on any atom is 0.338 e. The molecule has 0 amide bonds. The van der Waals surface area contributed by atoms with Gasteiger partial charge in [0, 0.05) is 30.1 Å². The predicted octanol–water partition coefficient (Wildman–Crippen LogP) is 3.27. The van der Waals surface area contributed by atoms with Crippen LogP contribution in [0.4, 0.5) is 0 Å². The average molecular weight is 426 g/mol. The van der Waals surface area contributed by atoms with E-state index in [2.05, 4.69) is 4.90 Å². The van der Waals surface area contributed by atoms with Crippen molar-refractivity contribution in [2.24, 2.45) is 0 Å². The Kier molecular flexibility index (Phi) is 4.10. The van der Waals surface area contributed by atoms with E-state index in [1.807, 2.05) is 18.2 Å². The lowest BCUT2D eigenvalue weighted by Crippen LogP contribution is -2.50. The second-order valence-electron chi connectivity index (χ2n) is 8.20. The number of carbonyl (C=O) groups is 1. The normalized spacial score (nSPS) is 28.5. The van der Waals surface area contributed by atoms with Crippen molar-refractivity contribution < 1.29 is 24.1 Å². The Morgan fingerprint density at radius 2 is 1.93 bits per heavy atom. The molecule has 2 aromatic rings. The molecule has 6 nitrogen and oxygen atoms in total. The summed E-state index contributed by atoms with van der Waals surface area (Å²) in [7, 11) is 0. The van der Waals surface area contributed by atoms with E-state index in [-0.39, 0.29) is 18.8 Å². The number of hydrogen-bond donors (Lipinski definition) is 1. The summed E-state index contributed by atoms with van der Waals surface area (Å²) < 4.78 is 16.9. The van der Waals surface area contributed by atoms with Crippen LogP contribution in [-0.2, 0) is 11.3 Å². The summed E-state index contributed by atoms with van der Waals surface area (Å²) in [5, 5.41) is 11.9. The topological polar surface area (TPSA) is 68.2 Å². The van der Waals surface area contributed by atoms with Crippen LogP contribution < -0.4 is 9.47 Å². The van der Waals surface area contributed by atoms with E-state index in [1.54, 1.807) is 24.3 Å². The van der Waals surface area contributed by atoms with Crippen LogP contribution in [0.5, 0.6) is 11.5 Å². The van der Waals surface area contributed by atoms with Crippen LogP contribution in [0, 0.1) is 0 Å². The summed E-state index contributed by atoms with van der Waals surface area (Å²) in [6, 6.07) is 10.7. The zero-order valence-electron chi connectivity index (χ0n) is 16.1. The predicted molar refractivity (Wildman–Crippen MR) is 109 cm³/mol. The molecule has 0 spiro atoms. The Bertz CT molecular complexity index is 1070. The third-order valence-corrected chi connectivity index (χ3v) is 6.83. The molecule has 0 bridgehead atoms. The maximum absolute atomic E-state index is 12.7. The van der Waals surface area contributed by atoms with Crippen molar-refractivity contribution in [2.75, 3.05) is 13.3 Å². The number of aliphatic hydroxyl groups is 1. The van der Waals surface area contributed by atoms with Crippen LogP contribution in [0.1, 0.15) is 33.8 Å². The van der Waals surface area contributed by atoms with Crippen molar-refractivity contribution in [2.45, 2.75) is 37.1 Å². The first-order valence-electron chi connectivity index (χ1n) is 10.1. The van der Waals surface area contributed by atoms with E-state index < -0.39 is 18.2 Å². The molecule has 1 fully saturated rings. The molecule has 0 radical (unpaired) electrons. The standard InChI is InChI=1S/C23H20ClNO5/c24-15-3-1-12(2-4-15)23(27)30-19-7-13-5-6-25-10-14-8-17-18(29-11-28-17)9-16(14)20(21(13)25)22(19)26/h1-4,7-9,19-22,26H,5-6,10-11H2/t19-,20-,21+,22+/m0/s1. The Morgan fingerprint density at radius 3 is 2.73 bits per heavy atom. The molecular weight excluding hydrogens is 406 g/mol. The molecule has 0 saturated carbocycles. The van der Waals surface area contributed by atoms with Crippen LogP contribution in [0.3, 0.4) is 0 Å². The summed E-state index contributed by atoms with van der Waals surface area (Å²) in [5.41, 5.74) is 3.81. The first kappa shape index (κ1) is 18.2. The molecule has 30 heavy (non-hydrogen) atoms. The second-order valence-corrected chi connectivity index (χ2v) is 8.64. The third-order valence-electron chi connectivity index (χ3n) is 6.57. The fourth-order valence-corrected chi connectivity index (χ4v) is 5.34. The van der Waals surface area contributed by atoms with E-state index in [4.69, 9.17) is 25.8 Å². The number of nitrogens with zero attached hydrogens (tertiary/aromatic N) is 1. The molecule has 1 saturated heterocycles. The molecule has 0 unspecified atom stereocenters. The Balaban J connectivity index is 1.35. The van der Waals surface area contributed by atoms with Gasteiger partial charge in [-0.1, -0.05) is 17.2 Å². The van der Waals surface area contributed by atoms with Crippen molar-refractivity contribution in [3.05, 3.63) is 69.8 Å². The maximum atomic E-state index is 12.7. The zero-order valence-corrected chi connectivity index (χ0v) is 16.8. The SMILES string of the molecule is O=C(O[C@H]1C=C2CCN3Cc4cc5c(cc4[C@H]([C@@H]1O)[C@@H]23)OCO5)c1ccc(Cl)cc1. The Hall–Kier alpha value is -2.54. The number of hydrogen-bond acceptors (Lipinski definition) is 6. The molecule has 4 atom stereocenters. The number of halogens is 1. The molecule has 3 heterocycles. The average Bonchev–Trinajstić information content (AvgIpc) is 3.36. The van der Waals surface area contributed by atoms with Gasteiger partial charge in [0.15, 0.2) is 11.5 Å². The van der Waals surface area contributed by atoms with Gasteiger partial charge >= 0.3 is 5.97 Å². The lowest BCUT2D eigenvalue weighted by Gasteiger charge is -2.45. The molecule has 1 aliphatic carbocycles. The van der Waals surface area contributed by atoms with E-state index in [9.17, 15) is 9.90 Å². The minimum atomic E-state index is -0.852. The highest BCUT2D eigenvalue weighted by molar-refractivity contribution is 6.30. The summed E-state index contributed by atoms with van der Waals surface area (Å²) in [6.07, 6.45) is 1.29. The molecule has 3 aliphatic heterocycles. The largest absolute Gasteiger partial charge is 0.454 e. The minimum absolute atomic E-state index is 0.123. The fraction of sp³-hybridized carbons (Fsp3) is 0.348. The number of carbonyl (C=O) groups excluding carboxylic acids is 1. The molecular formula is C23H20ClNO5. The van der Waals surface area contributed by atoms with Crippen LogP contribution in [-0.4, -0.2) is 47.6 Å². The monoisotopic (exact) mass is 425 g/mol. The highest BCUT2D eigenvalue weighted by Gasteiger charge is 2.50. The second kappa shape index (κ2) is 6.74. The summed E-state index contributed by atoms with van der Waals surface area (Å²) in [6.45, 7) is 1.95. The number of benzene rings is 2. The van der Waals surface area contributed by atoms with Gasteiger partial charge in [-0.05, 0) is 60.0 Å². The van der Waals surface area contributed by atoms with Crippen molar-refractivity contribution in [3.8, 4) is 11.5 Å². The minimum Gasteiger partial charge on any atom is -0.454 e. The van der Waals surface area contributed by atoms with Gasteiger partial charge in [0.25, 0.3) is 0 Å². The fourth-order valence-electron chi connectivity index (χ4n) is 5.21. The molecule has 7 heteroatoms. The number of ether oxygens (including phenoxy) is 3. The first-order valence-corrected chi connectivity index (χ1v) is 10.5. The van der Waals surface area contributed by atoms with Crippen LogP contribution in [0.15, 0.2) is 48.0 Å². The molecule has 2 aromatic carbocycles. The van der Waals surface area contributed by atoms with Crippen molar-refractivity contribution in [3.63, 3.8) is 0 Å². The number of rotatable bonds is 2. The molecule has 154 valence electrons. The van der Waals surface area contributed by atoms with E-state index in [0.717, 1.165) is 36.4 Å². The van der Waals surface area contributed by atoms with Gasteiger partial charge in [-0.3, -0.25) is 4.90 Å².